The first kappa shape index (κ1) is 27.8. The van der Waals surface area contributed by atoms with Crippen LogP contribution in [0.3, 0.4) is 0 Å². The minimum Gasteiger partial charge on any atom is -0.489 e. The van der Waals surface area contributed by atoms with Crippen molar-refractivity contribution in [2.24, 2.45) is 17.8 Å². The van der Waals surface area contributed by atoms with E-state index in [0.717, 1.165) is 30.6 Å². The van der Waals surface area contributed by atoms with E-state index in [1.807, 2.05) is 67.8 Å². The van der Waals surface area contributed by atoms with Crippen LogP contribution in [0.5, 0.6) is 5.75 Å². The number of ether oxygens (including phenoxy) is 1. The minimum atomic E-state index is -0.104. The standard InChI is InChI=1S/C29H43N3O4/c1-5-22(6-2)29(35)32-20-25-12-9-10-14-26(25)36-17-11-13-24-19-31(28(34)21-32)16-15-23(24)18-27(33)30(7-3)8-4/h9-14,22-24H,5-8,15-21H2,1-4H3/t23-,24-/m0/s1. The topological polar surface area (TPSA) is 70.2 Å². The molecule has 7 heteroatoms. The molecule has 0 unspecified atom stereocenters. The van der Waals surface area contributed by atoms with Gasteiger partial charge in [0.05, 0.1) is 0 Å². The Morgan fingerprint density at radius 3 is 2.50 bits per heavy atom. The third-order valence-electron chi connectivity index (χ3n) is 7.74. The first-order valence-electron chi connectivity index (χ1n) is 13.6. The number of fused-ring (bicyclic) bond motifs is 3. The number of hydrogen-bond donors (Lipinski definition) is 0. The van der Waals surface area contributed by atoms with Crippen LogP contribution >= 0.6 is 0 Å². The fourth-order valence-corrected chi connectivity index (χ4v) is 5.38. The molecule has 3 rings (SSSR count). The number of carbonyl (C=O) groups excluding carboxylic acids is 3. The lowest BCUT2D eigenvalue weighted by atomic mass is 9.82. The van der Waals surface area contributed by atoms with Crippen molar-refractivity contribution < 1.29 is 19.1 Å². The summed E-state index contributed by atoms with van der Waals surface area (Å²) in [6.07, 6.45) is 6.88. The molecule has 36 heavy (non-hydrogen) atoms. The van der Waals surface area contributed by atoms with E-state index in [1.165, 1.54) is 0 Å². The van der Waals surface area contributed by atoms with E-state index in [1.54, 1.807) is 4.90 Å². The zero-order valence-corrected chi connectivity index (χ0v) is 22.4. The van der Waals surface area contributed by atoms with Gasteiger partial charge in [-0.15, -0.1) is 0 Å². The predicted octanol–water partition coefficient (Wildman–Crippen LogP) is 4.12. The third kappa shape index (κ3) is 6.89. The summed E-state index contributed by atoms with van der Waals surface area (Å²) in [5, 5.41) is 0. The van der Waals surface area contributed by atoms with E-state index in [9.17, 15) is 14.4 Å². The summed E-state index contributed by atoms with van der Waals surface area (Å²) in [5.74, 6) is 1.04. The van der Waals surface area contributed by atoms with Crippen LogP contribution in [0, 0.1) is 17.8 Å². The Bertz CT molecular complexity index is 923. The van der Waals surface area contributed by atoms with Gasteiger partial charge in [0.15, 0.2) is 0 Å². The van der Waals surface area contributed by atoms with Crippen molar-refractivity contribution in [1.82, 2.24) is 14.7 Å². The molecule has 0 spiro atoms. The van der Waals surface area contributed by atoms with Crippen molar-refractivity contribution in [3.8, 4) is 5.75 Å². The highest BCUT2D eigenvalue weighted by atomic mass is 16.5. The third-order valence-corrected chi connectivity index (χ3v) is 7.74. The maximum Gasteiger partial charge on any atom is 0.242 e. The van der Waals surface area contributed by atoms with Crippen LogP contribution in [0.4, 0.5) is 0 Å². The van der Waals surface area contributed by atoms with E-state index in [4.69, 9.17) is 4.74 Å². The van der Waals surface area contributed by atoms with Crippen molar-refractivity contribution in [3.05, 3.63) is 42.0 Å². The smallest absolute Gasteiger partial charge is 0.242 e. The highest BCUT2D eigenvalue weighted by Gasteiger charge is 2.34. The Morgan fingerprint density at radius 1 is 1.08 bits per heavy atom. The molecular weight excluding hydrogens is 454 g/mol. The molecule has 198 valence electrons. The van der Waals surface area contributed by atoms with Gasteiger partial charge in [-0.05, 0) is 51.0 Å². The van der Waals surface area contributed by atoms with Crippen LogP contribution in [-0.2, 0) is 20.9 Å². The van der Waals surface area contributed by atoms with Gasteiger partial charge in [-0.1, -0.05) is 44.2 Å². The van der Waals surface area contributed by atoms with Gasteiger partial charge in [0.25, 0.3) is 0 Å². The predicted molar refractivity (Wildman–Crippen MR) is 141 cm³/mol. The second-order valence-electron chi connectivity index (χ2n) is 9.88. The van der Waals surface area contributed by atoms with Crippen LogP contribution in [0.1, 0.15) is 58.9 Å². The summed E-state index contributed by atoms with van der Waals surface area (Å²) in [4.78, 5) is 45.2. The summed E-state index contributed by atoms with van der Waals surface area (Å²) < 4.78 is 6.10. The number of rotatable bonds is 7. The van der Waals surface area contributed by atoms with Gasteiger partial charge >= 0.3 is 0 Å². The lowest BCUT2D eigenvalue weighted by Gasteiger charge is -2.39. The lowest BCUT2D eigenvalue weighted by molar-refractivity contribution is -0.145. The van der Waals surface area contributed by atoms with Crippen molar-refractivity contribution in [1.29, 1.82) is 0 Å². The van der Waals surface area contributed by atoms with Gasteiger partial charge in [-0.2, -0.15) is 0 Å². The summed E-state index contributed by atoms with van der Waals surface area (Å²) in [5.41, 5.74) is 0.901. The van der Waals surface area contributed by atoms with Gasteiger partial charge in [0, 0.05) is 50.6 Å². The Kier molecular flexibility index (Phi) is 10.4. The molecular formula is C29H43N3O4. The second kappa shape index (κ2) is 13.5. The molecule has 1 fully saturated rings. The molecule has 7 nitrogen and oxygen atoms in total. The number of carbonyl (C=O) groups is 3. The van der Waals surface area contributed by atoms with E-state index < -0.39 is 0 Å². The largest absolute Gasteiger partial charge is 0.489 e. The monoisotopic (exact) mass is 497 g/mol. The Balaban J connectivity index is 1.87. The van der Waals surface area contributed by atoms with Crippen molar-refractivity contribution in [2.75, 3.05) is 39.3 Å². The number of piperidine rings is 1. The highest BCUT2D eigenvalue weighted by Crippen LogP contribution is 2.30. The summed E-state index contributed by atoms with van der Waals surface area (Å²) >= 11 is 0. The molecule has 0 radical (unpaired) electrons. The van der Waals surface area contributed by atoms with Crippen LogP contribution in [0.2, 0.25) is 0 Å². The molecule has 0 aliphatic carbocycles. The first-order valence-corrected chi connectivity index (χ1v) is 13.6. The number of benzene rings is 1. The maximum absolute atomic E-state index is 13.5. The van der Waals surface area contributed by atoms with Crippen LogP contribution in [0.15, 0.2) is 36.4 Å². The zero-order valence-electron chi connectivity index (χ0n) is 22.4. The Labute approximate surface area is 216 Å². The fourth-order valence-electron chi connectivity index (χ4n) is 5.38. The summed E-state index contributed by atoms with van der Waals surface area (Å²) in [6, 6.07) is 7.74. The fraction of sp³-hybridized carbons (Fsp3) is 0.621. The van der Waals surface area contributed by atoms with Gasteiger partial charge in [-0.3, -0.25) is 14.4 Å². The maximum atomic E-state index is 13.5. The van der Waals surface area contributed by atoms with Crippen LogP contribution in [-0.4, -0.2) is 71.8 Å². The molecule has 1 aromatic rings. The Morgan fingerprint density at radius 2 is 1.81 bits per heavy atom. The quantitative estimate of drug-likeness (QED) is 0.532. The van der Waals surface area contributed by atoms with Gasteiger partial charge < -0.3 is 19.4 Å². The molecule has 0 N–H and O–H groups in total. The molecule has 2 heterocycles. The average Bonchev–Trinajstić information content (AvgIpc) is 2.89. The van der Waals surface area contributed by atoms with Crippen LogP contribution in [0.25, 0.3) is 0 Å². The second-order valence-corrected chi connectivity index (χ2v) is 9.88. The molecule has 1 aromatic carbocycles. The van der Waals surface area contributed by atoms with E-state index >= 15 is 0 Å². The number of hydrogen-bond acceptors (Lipinski definition) is 4. The first-order chi connectivity index (χ1) is 17.4. The van der Waals surface area contributed by atoms with Crippen molar-refractivity contribution in [2.45, 2.75) is 59.9 Å². The van der Waals surface area contributed by atoms with Crippen molar-refractivity contribution >= 4 is 17.7 Å². The Hall–Kier alpha value is -2.83. The molecule has 2 aliphatic rings. The van der Waals surface area contributed by atoms with E-state index in [2.05, 4.69) is 6.08 Å². The van der Waals surface area contributed by atoms with Gasteiger partial charge in [0.1, 0.15) is 18.9 Å². The van der Waals surface area contributed by atoms with E-state index in [0.29, 0.717) is 45.8 Å². The van der Waals surface area contributed by atoms with Crippen LogP contribution < -0.4 is 4.74 Å². The summed E-state index contributed by atoms with van der Waals surface area (Å²) in [6.45, 7) is 11.4. The summed E-state index contributed by atoms with van der Waals surface area (Å²) in [7, 11) is 0. The number of para-hydroxylation sites is 1. The van der Waals surface area contributed by atoms with E-state index in [-0.39, 0.29) is 42.0 Å². The number of amides is 3. The molecule has 2 bridgehead atoms. The SMILES string of the molecule is CCC(CC)C(=O)N1CC(=O)N2CC[C@@H](CC(=O)N(CC)CC)[C@@H](C=CCOc3ccccc3C1)C2. The molecule has 2 atom stereocenters. The highest BCUT2D eigenvalue weighted by molar-refractivity contribution is 5.86. The molecule has 0 aromatic heterocycles. The zero-order chi connectivity index (χ0) is 26.1. The van der Waals surface area contributed by atoms with Gasteiger partial charge in [0.2, 0.25) is 17.7 Å². The van der Waals surface area contributed by atoms with Gasteiger partial charge in [-0.25, -0.2) is 0 Å². The minimum absolute atomic E-state index is 0.0207. The normalized spacial score (nSPS) is 20.6. The molecule has 2 aliphatic heterocycles. The lowest BCUT2D eigenvalue weighted by Crippen LogP contribution is -2.49. The molecule has 3 amide bonds. The average molecular weight is 498 g/mol. The molecule has 0 saturated carbocycles. The van der Waals surface area contributed by atoms with Crippen molar-refractivity contribution in [3.63, 3.8) is 0 Å². The number of nitrogens with zero attached hydrogens (tertiary/aromatic N) is 3. The molecule has 1 saturated heterocycles.